The van der Waals surface area contributed by atoms with Gasteiger partial charge >= 0.3 is 0 Å². The van der Waals surface area contributed by atoms with Gasteiger partial charge in [0.2, 0.25) is 0 Å². The van der Waals surface area contributed by atoms with E-state index in [0.29, 0.717) is 37.4 Å². The summed E-state index contributed by atoms with van der Waals surface area (Å²) in [5.74, 6) is 1.38. The van der Waals surface area contributed by atoms with E-state index in [1.165, 1.54) is 0 Å². The van der Waals surface area contributed by atoms with Crippen LogP contribution in [0.3, 0.4) is 0 Å². The molecule has 2 heterocycles. The average molecular weight is 376 g/mol. The van der Waals surface area contributed by atoms with Crippen LogP contribution in [0, 0.1) is 0 Å². The zero-order valence-corrected chi connectivity index (χ0v) is 15.8. The van der Waals surface area contributed by atoms with Gasteiger partial charge in [-0.1, -0.05) is 43.0 Å². The SMILES string of the molecule is CC(CCCCCCCC(=O)CCCC(C=O)c1nn[nH]n1)c1nn[nH]n1. The summed E-state index contributed by atoms with van der Waals surface area (Å²) in [5.41, 5.74) is 0. The van der Waals surface area contributed by atoms with Crippen molar-refractivity contribution in [2.75, 3.05) is 0 Å². The van der Waals surface area contributed by atoms with E-state index in [2.05, 4.69) is 48.2 Å². The maximum Gasteiger partial charge on any atom is 0.184 e. The molecule has 2 rings (SSSR count). The van der Waals surface area contributed by atoms with Crippen molar-refractivity contribution in [1.82, 2.24) is 41.2 Å². The highest BCUT2D eigenvalue weighted by molar-refractivity contribution is 5.78. The fourth-order valence-electron chi connectivity index (χ4n) is 3.04. The molecule has 0 aliphatic heterocycles. The Kier molecular flexibility index (Phi) is 9.22. The van der Waals surface area contributed by atoms with Gasteiger partial charge in [0.25, 0.3) is 0 Å². The van der Waals surface area contributed by atoms with E-state index in [9.17, 15) is 9.59 Å². The van der Waals surface area contributed by atoms with Crippen LogP contribution < -0.4 is 0 Å². The zero-order valence-electron chi connectivity index (χ0n) is 15.8. The van der Waals surface area contributed by atoms with Crippen molar-refractivity contribution in [1.29, 1.82) is 0 Å². The van der Waals surface area contributed by atoms with Crippen LogP contribution in [0.1, 0.15) is 94.6 Å². The van der Waals surface area contributed by atoms with Gasteiger partial charge in [-0.15, -0.1) is 20.4 Å². The number of ketones is 1. The number of carbonyl (C=O) groups excluding carboxylic acids is 2. The van der Waals surface area contributed by atoms with E-state index in [1.54, 1.807) is 0 Å². The Hall–Kier alpha value is -2.52. The summed E-state index contributed by atoms with van der Waals surface area (Å²) < 4.78 is 0. The van der Waals surface area contributed by atoms with Crippen molar-refractivity contribution >= 4 is 12.1 Å². The second-order valence-electron chi connectivity index (χ2n) is 6.92. The molecule has 2 aromatic rings. The van der Waals surface area contributed by atoms with Crippen LogP contribution in [0.4, 0.5) is 0 Å². The summed E-state index contributed by atoms with van der Waals surface area (Å²) in [4.78, 5) is 23.0. The van der Waals surface area contributed by atoms with Gasteiger partial charge in [0.1, 0.15) is 12.1 Å². The van der Waals surface area contributed by atoms with Crippen LogP contribution in [0.2, 0.25) is 0 Å². The average Bonchev–Trinajstić information content (AvgIpc) is 3.38. The molecule has 2 atom stereocenters. The fraction of sp³-hybridized carbons (Fsp3) is 0.765. The molecular formula is C17H28N8O2. The topological polar surface area (TPSA) is 143 Å². The summed E-state index contributed by atoms with van der Waals surface area (Å²) in [6.45, 7) is 2.11. The van der Waals surface area contributed by atoms with E-state index >= 15 is 0 Å². The Morgan fingerprint density at radius 1 is 0.889 bits per heavy atom. The number of tetrazole rings is 2. The molecule has 0 bridgehead atoms. The first-order chi connectivity index (χ1) is 13.2. The molecule has 0 amide bonds. The summed E-state index contributed by atoms with van der Waals surface area (Å²) >= 11 is 0. The van der Waals surface area contributed by atoms with Crippen molar-refractivity contribution in [2.45, 2.75) is 83.0 Å². The Balaban J connectivity index is 1.44. The highest BCUT2D eigenvalue weighted by atomic mass is 16.1. The normalized spacial score (nSPS) is 13.4. The molecule has 0 saturated carbocycles. The lowest BCUT2D eigenvalue weighted by atomic mass is 9.99. The molecular weight excluding hydrogens is 348 g/mol. The molecule has 0 spiro atoms. The fourth-order valence-corrected chi connectivity index (χ4v) is 3.04. The molecule has 0 fully saturated rings. The van der Waals surface area contributed by atoms with Crippen molar-refractivity contribution in [3.05, 3.63) is 11.6 Å². The molecule has 2 unspecified atom stereocenters. The third-order valence-electron chi connectivity index (χ3n) is 4.72. The lowest BCUT2D eigenvalue weighted by molar-refractivity contribution is -0.119. The second kappa shape index (κ2) is 12.0. The number of carbonyl (C=O) groups is 2. The molecule has 2 aromatic heterocycles. The zero-order chi connectivity index (χ0) is 19.3. The van der Waals surface area contributed by atoms with E-state index in [-0.39, 0.29) is 11.7 Å². The molecule has 0 saturated heterocycles. The van der Waals surface area contributed by atoms with Crippen LogP contribution in [-0.2, 0) is 9.59 Å². The van der Waals surface area contributed by atoms with Gasteiger partial charge in [-0.25, -0.2) is 0 Å². The maximum absolute atomic E-state index is 11.9. The van der Waals surface area contributed by atoms with E-state index in [1.807, 2.05) is 0 Å². The Morgan fingerprint density at radius 2 is 1.52 bits per heavy atom. The maximum atomic E-state index is 11.9. The molecule has 0 aliphatic rings. The number of Topliss-reactive ketones (excluding diaryl/α,β-unsaturated/α-hetero) is 1. The van der Waals surface area contributed by atoms with Crippen molar-refractivity contribution in [3.63, 3.8) is 0 Å². The summed E-state index contributed by atoms with van der Waals surface area (Å²) in [7, 11) is 0. The number of hydrogen-bond acceptors (Lipinski definition) is 8. The van der Waals surface area contributed by atoms with Gasteiger partial charge in [0, 0.05) is 18.8 Å². The van der Waals surface area contributed by atoms with Gasteiger partial charge in [-0.05, 0) is 25.7 Å². The molecule has 0 aliphatic carbocycles. The van der Waals surface area contributed by atoms with Crippen LogP contribution >= 0.6 is 0 Å². The predicted molar refractivity (Wildman–Crippen MR) is 96.8 cm³/mol. The van der Waals surface area contributed by atoms with Crippen molar-refractivity contribution < 1.29 is 9.59 Å². The summed E-state index contributed by atoms with van der Waals surface area (Å²) in [6, 6.07) is 0. The van der Waals surface area contributed by atoms with Crippen LogP contribution in [0.15, 0.2) is 0 Å². The number of nitrogens with zero attached hydrogens (tertiary/aromatic N) is 6. The number of nitrogens with one attached hydrogen (secondary N) is 2. The summed E-state index contributed by atoms with van der Waals surface area (Å²) in [6.07, 6.45) is 9.66. The monoisotopic (exact) mass is 376 g/mol. The number of aromatic nitrogens is 8. The molecule has 0 radical (unpaired) electrons. The van der Waals surface area contributed by atoms with Gasteiger partial charge in [-0.3, -0.25) is 4.79 Å². The highest BCUT2D eigenvalue weighted by Crippen LogP contribution is 2.19. The first-order valence-corrected chi connectivity index (χ1v) is 9.64. The molecule has 0 aromatic carbocycles. The van der Waals surface area contributed by atoms with E-state index in [0.717, 1.165) is 50.6 Å². The number of hydrogen-bond donors (Lipinski definition) is 2. The standard InChI is InChI=1S/C17H28N8O2/c1-13(16-18-22-23-19-16)8-5-3-2-4-6-10-15(27)11-7-9-14(12-26)17-20-24-25-21-17/h12-14H,2-11H2,1H3,(H,18,19,22,23)(H,20,21,24,25). The lowest BCUT2D eigenvalue weighted by Crippen LogP contribution is -2.05. The lowest BCUT2D eigenvalue weighted by Gasteiger charge is -2.07. The van der Waals surface area contributed by atoms with Gasteiger partial charge in [0.15, 0.2) is 11.6 Å². The van der Waals surface area contributed by atoms with Crippen molar-refractivity contribution in [2.24, 2.45) is 0 Å². The highest BCUT2D eigenvalue weighted by Gasteiger charge is 2.15. The number of aldehydes is 1. The predicted octanol–water partition coefficient (Wildman–Crippen LogP) is 2.27. The minimum atomic E-state index is -0.383. The molecule has 27 heavy (non-hydrogen) atoms. The third kappa shape index (κ3) is 7.71. The van der Waals surface area contributed by atoms with Gasteiger partial charge in [-0.2, -0.15) is 10.4 Å². The van der Waals surface area contributed by atoms with Crippen LogP contribution in [0.25, 0.3) is 0 Å². The Labute approximate surface area is 158 Å². The molecule has 10 nitrogen and oxygen atoms in total. The quantitative estimate of drug-likeness (QED) is 0.356. The molecule has 148 valence electrons. The van der Waals surface area contributed by atoms with Gasteiger partial charge < -0.3 is 4.79 Å². The number of rotatable bonds is 15. The van der Waals surface area contributed by atoms with Crippen molar-refractivity contribution in [3.8, 4) is 0 Å². The first-order valence-electron chi connectivity index (χ1n) is 9.64. The number of aromatic amines is 2. The molecule has 10 heteroatoms. The Bertz CT molecular complexity index is 644. The number of unbranched alkanes of at least 4 members (excludes halogenated alkanes) is 4. The smallest absolute Gasteiger partial charge is 0.184 e. The summed E-state index contributed by atoms with van der Waals surface area (Å²) in [5, 5.41) is 27.5. The second-order valence-corrected chi connectivity index (χ2v) is 6.92. The minimum Gasteiger partial charge on any atom is -0.303 e. The largest absolute Gasteiger partial charge is 0.303 e. The number of H-pyrrole nitrogens is 2. The van der Waals surface area contributed by atoms with E-state index in [4.69, 9.17) is 0 Å². The third-order valence-corrected chi connectivity index (χ3v) is 4.72. The van der Waals surface area contributed by atoms with Crippen LogP contribution in [-0.4, -0.2) is 53.3 Å². The van der Waals surface area contributed by atoms with Gasteiger partial charge in [0.05, 0.1) is 5.92 Å². The molecule has 2 N–H and O–H groups in total. The Morgan fingerprint density at radius 3 is 2.19 bits per heavy atom. The van der Waals surface area contributed by atoms with E-state index < -0.39 is 0 Å². The first kappa shape index (κ1) is 20.8. The van der Waals surface area contributed by atoms with Crippen LogP contribution in [0.5, 0.6) is 0 Å². The minimum absolute atomic E-state index is 0.262.